The molecule has 2 aliphatic heterocycles. The Labute approximate surface area is 196 Å². The van der Waals surface area contributed by atoms with E-state index in [4.69, 9.17) is 20.4 Å². The largest absolute Gasteiger partial charge is 0.494 e. The lowest BCUT2D eigenvalue weighted by atomic mass is 9.90. The zero-order chi connectivity index (χ0) is 24.2. The van der Waals surface area contributed by atoms with Crippen molar-refractivity contribution in [3.8, 4) is 5.75 Å². The van der Waals surface area contributed by atoms with Crippen LogP contribution in [0.2, 0.25) is 0 Å². The van der Waals surface area contributed by atoms with E-state index < -0.39 is 11.4 Å². The number of hydrogen-bond acceptors (Lipinski definition) is 9. The summed E-state index contributed by atoms with van der Waals surface area (Å²) >= 11 is 0. The molecule has 180 valence electrons. The van der Waals surface area contributed by atoms with E-state index >= 15 is 0 Å². The predicted octanol–water partition coefficient (Wildman–Crippen LogP) is 2.40. The summed E-state index contributed by atoms with van der Waals surface area (Å²) in [5, 5.41) is 15.3. The maximum absolute atomic E-state index is 14.4. The summed E-state index contributed by atoms with van der Waals surface area (Å²) in [6, 6.07) is 2.87. The third-order valence-corrected chi connectivity index (χ3v) is 6.26. The first-order valence-corrected chi connectivity index (χ1v) is 11.4. The average Bonchev–Trinajstić information content (AvgIpc) is 3.40. The minimum Gasteiger partial charge on any atom is -0.494 e. The zero-order valence-corrected chi connectivity index (χ0v) is 19.7. The third-order valence-electron chi connectivity index (χ3n) is 6.26. The molecule has 10 nitrogen and oxygen atoms in total. The lowest BCUT2D eigenvalue weighted by Gasteiger charge is -2.36. The Morgan fingerprint density at radius 3 is 2.79 bits per heavy atom. The standard InChI is InChI=1S/C23H29FN8O2/c1-12-5-13(11-31(10-12)19-9-26-18(28-19)8-23(2,3)33)20-29-21-14-6-15(24)17(34-4)7-16(14)27-22(25)32(21)30-20/h6-7,9,12-13,18,33H,5,8,10-11H2,1-4H3,(H2,25,27)/t12-,13+,18?/m1/s1. The Morgan fingerprint density at radius 2 is 2.06 bits per heavy atom. The number of aromatic nitrogens is 4. The van der Waals surface area contributed by atoms with Gasteiger partial charge >= 0.3 is 0 Å². The molecule has 2 aromatic heterocycles. The smallest absolute Gasteiger partial charge is 0.223 e. The molecule has 0 aliphatic carbocycles. The molecule has 0 bridgehead atoms. The fourth-order valence-electron chi connectivity index (χ4n) is 4.78. The van der Waals surface area contributed by atoms with Gasteiger partial charge in [0.2, 0.25) is 5.95 Å². The molecule has 1 saturated heterocycles. The van der Waals surface area contributed by atoms with Crippen LogP contribution in [-0.2, 0) is 0 Å². The first-order valence-electron chi connectivity index (χ1n) is 11.4. The summed E-state index contributed by atoms with van der Waals surface area (Å²) in [6.07, 6.45) is 2.88. The average molecular weight is 469 g/mol. The van der Waals surface area contributed by atoms with E-state index in [1.54, 1.807) is 20.1 Å². The molecule has 1 unspecified atom stereocenters. The molecule has 5 rings (SSSR count). The van der Waals surface area contributed by atoms with E-state index in [1.165, 1.54) is 23.8 Å². The van der Waals surface area contributed by atoms with Crippen LogP contribution >= 0.6 is 0 Å². The summed E-state index contributed by atoms with van der Waals surface area (Å²) in [4.78, 5) is 20.5. The van der Waals surface area contributed by atoms with Crippen molar-refractivity contribution >= 4 is 34.5 Å². The number of aliphatic hydroxyl groups is 1. The first kappa shape index (κ1) is 22.5. The quantitative estimate of drug-likeness (QED) is 0.602. The molecule has 0 radical (unpaired) electrons. The predicted molar refractivity (Wildman–Crippen MR) is 128 cm³/mol. The molecule has 0 spiro atoms. The van der Waals surface area contributed by atoms with Crippen molar-refractivity contribution in [2.24, 2.45) is 15.9 Å². The summed E-state index contributed by atoms with van der Waals surface area (Å²) in [5.74, 6) is 1.64. The van der Waals surface area contributed by atoms with Gasteiger partial charge in [-0.15, -0.1) is 5.10 Å². The number of amidine groups is 1. The van der Waals surface area contributed by atoms with Crippen LogP contribution in [0.4, 0.5) is 10.3 Å². The van der Waals surface area contributed by atoms with E-state index in [9.17, 15) is 9.50 Å². The van der Waals surface area contributed by atoms with Gasteiger partial charge in [-0.3, -0.25) is 4.99 Å². The van der Waals surface area contributed by atoms with Gasteiger partial charge in [-0.05, 0) is 32.3 Å². The number of likely N-dealkylation sites (tertiary alicyclic amines) is 1. The number of aliphatic imine (C=N–C) groups is 2. The number of nitrogen functional groups attached to an aromatic ring is 1. The molecule has 3 atom stereocenters. The van der Waals surface area contributed by atoms with Crippen LogP contribution < -0.4 is 10.5 Å². The highest BCUT2D eigenvalue weighted by Gasteiger charge is 2.32. The molecule has 1 fully saturated rings. The molecule has 11 heteroatoms. The van der Waals surface area contributed by atoms with Crippen LogP contribution in [-0.4, -0.2) is 73.6 Å². The van der Waals surface area contributed by atoms with Crippen LogP contribution in [0.3, 0.4) is 0 Å². The lowest BCUT2D eigenvalue weighted by molar-refractivity contribution is 0.0650. The highest BCUT2D eigenvalue weighted by Crippen LogP contribution is 2.32. The second-order valence-electron chi connectivity index (χ2n) is 9.88. The molecule has 0 amide bonds. The zero-order valence-electron chi connectivity index (χ0n) is 19.7. The van der Waals surface area contributed by atoms with Gasteiger partial charge in [0.05, 0.1) is 24.4 Å². The number of halogens is 1. The maximum Gasteiger partial charge on any atom is 0.223 e. The van der Waals surface area contributed by atoms with Crippen molar-refractivity contribution in [3.05, 3.63) is 23.8 Å². The molecule has 34 heavy (non-hydrogen) atoms. The summed E-state index contributed by atoms with van der Waals surface area (Å²) in [6.45, 7) is 7.23. The molecule has 2 aliphatic rings. The summed E-state index contributed by atoms with van der Waals surface area (Å²) < 4.78 is 21.0. The van der Waals surface area contributed by atoms with Crippen molar-refractivity contribution in [3.63, 3.8) is 0 Å². The topological polar surface area (TPSA) is 127 Å². The van der Waals surface area contributed by atoms with E-state index in [1.807, 2.05) is 0 Å². The third kappa shape index (κ3) is 4.15. The molecule has 0 saturated carbocycles. The molecular weight excluding hydrogens is 439 g/mol. The van der Waals surface area contributed by atoms with Gasteiger partial charge in [0.25, 0.3) is 0 Å². The van der Waals surface area contributed by atoms with Crippen molar-refractivity contribution < 1.29 is 14.2 Å². The monoisotopic (exact) mass is 468 g/mol. The van der Waals surface area contributed by atoms with E-state index in [0.717, 1.165) is 18.8 Å². The number of anilines is 1. The Kier molecular flexibility index (Phi) is 5.38. The number of benzene rings is 1. The minimum absolute atomic E-state index is 0.0330. The Hall–Kier alpha value is -3.34. The van der Waals surface area contributed by atoms with Crippen molar-refractivity contribution in [2.75, 3.05) is 25.9 Å². The van der Waals surface area contributed by atoms with Crippen LogP contribution in [0.1, 0.15) is 45.4 Å². The van der Waals surface area contributed by atoms with Gasteiger partial charge in [-0.2, -0.15) is 4.52 Å². The van der Waals surface area contributed by atoms with Crippen molar-refractivity contribution in [1.82, 2.24) is 24.5 Å². The van der Waals surface area contributed by atoms with Gasteiger partial charge in [0.1, 0.15) is 12.0 Å². The van der Waals surface area contributed by atoms with Crippen molar-refractivity contribution in [2.45, 2.75) is 51.3 Å². The fraction of sp³-hybridized carbons (Fsp3) is 0.522. The lowest BCUT2D eigenvalue weighted by Crippen LogP contribution is -2.43. The van der Waals surface area contributed by atoms with E-state index in [2.05, 4.69) is 26.9 Å². The number of rotatable bonds is 4. The number of hydrogen-bond donors (Lipinski definition) is 2. The van der Waals surface area contributed by atoms with Crippen molar-refractivity contribution in [1.29, 1.82) is 0 Å². The van der Waals surface area contributed by atoms with E-state index in [-0.39, 0.29) is 23.8 Å². The highest BCUT2D eigenvalue weighted by molar-refractivity contribution is 6.30. The first-order chi connectivity index (χ1) is 16.1. The number of ether oxygens (including phenoxy) is 1. The van der Waals surface area contributed by atoms with Gasteiger partial charge < -0.3 is 20.5 Å². The Bertz CT molecular complexity index is 1310. The van der Waals surface area contributed by atoms with Gasteiger partial charge in [0.15, 0.2) is 23.0 Å². The number of fused-ring (bicyclic) bond motifs is 3. The minimum atomic E-state index is -0.834. The van der Waals surface area contributed by atoms with Crippen LogP contribution in [0, 0.1) is 11.7 Å². The number of piperidine rings is 1. The molecular formula is C23H29FN8O2. The summed E-state index contributed by atoms with van der Waals surface area (Å²) in [7, 11) is 1.41. The molecule has 3 aromatic rings. The van der Waals surface area contributed by atoms with Crippen LogP contribution in [0.15, 0.2) is 22.1 Å². The highest BCUT2D eigenvalue weighted by atomic mass is 19.1. The molecule has 3 N–H and O–H groups in total. The fourth-order valence-corrected chi connectivity index (χ4v) is 4.78. The number of methoxy groups -OCH3 is 1. The van der Waals surface area contributed by atoms with Gasteiger partial charge in [-0.25, -0.2) is 19.4 Å². The SMILES string of the molecule is COc1cc2nc(N)n3nc([C@H]4C[C@@H](C)CN(C5=NC(CC(C)(C)O)N=C5)C4)nc3c2cc1F. The summed E-state index contributed by atoms with van der Waals surface area (Å²) in [5.41, 5.74) is 6.29. The molecule has 4 heterocycles. The van der Waals surface area contributed by atoms with Gasteiger partial charge in [-0.1, -0.05) is 6.92 Å². The Balaban J connectivity index is 1.47. The second-order valence-corrected chi connectivity index (χ2v) is 9.88. The normalized spacial score (nSPS) is 23.2. The number of nitrogens with zero attached hydrogens (tertiary/aromatic N) is 7. The number of nitrogens with two attached hydrogens (primary N) is 1. The second kappa shape index (κ2) is 8.15. The Morgan fingerprint density at radius 1 is 1.26 bits per heavy atom. The van der Waals surface area contributed by atoms with Crippen LogP contribution in [0.5, 0.6) is 5.75 Å². The molecule has 1 aromatic carbocycles. The van der Waals surface area contributed by atoms with Crippen LogP contribution in [0.25, 0.3) is 16.6 Å². The van der Waals surface area contributed by atoms with E-state index in [0.29, 0.717) is 41.3 Å². The maximum atomic E-state index is 14.4. The van der Waals surface area contributed by atoms with Gasteiger partial charge in [0, 0.05) is 36.9 Å².